The average molecular weight is 323 g/mol. The Morgan fingerprint density at radius 2 is 2.32 bits per heavy atom. The Morgan fingerprint density at radius 3 is 2.86 bits per heavy atom. The van der Waals surface area contributed by atoms with Crippen LogP contribution in [0.5, 0.6) is 0 Å². The number of hydrogen-bond acceptors (Lipinski definition) is 5. The van der Waals surface area contributed by atoms with Crippen LogP contribution in [0.4, 0.5) is 4.79 Å². The van der Waals surface area contributed by atoms with Gasteiger partial charge in [0.2, 0.25) is 0 Å². The van der Waals surface area contributed by atoms with Crippen molar-refractivity contribution in [1.29, 1.82) is 0 Å². The molecule has 1 amide bonds. The molecule has 1 aromatic rings. The molecule has 1 unspecified atom stereocenters. The first kappa shape index (κ1) is 17.0. The van der Waals surface area contributed by atoms with Crippen LogP contribution in [0.25, 0.3) is 0 Å². The normalized spacial score (nSPS) is 17.1. The Labute approximate surface area is 136 Å². The van der Waals surface area contributed by atoms with Crippen LogP contribution in [0, 0.1) is 0 Å². The zero-order valence-corrected chi connectivity index (χ0v) is 14.6. The summed E-state index contributed by atoms with van der Waals surface area (Å²) in [4.78, 5) is 18.1. The van der Waals surface area contributed by atoms with Gasteiger partial charge < -0.3 is 15.0 Å². The van der Waals surface area contributed by atoms with E-state index in [2.05, 4.69) is 23.3 Å². The smallest absolute Gasteiger partial charge is 0.410 e. The third-order valence-electron chi connectivity index (χ3n) is 3.41. The van der Waals surface area contributed by atoms with Crippen molar-refractivity contribution in [3.05, 3.63) is 28.2 Å². The van der Waals surface area contributed by atoms with Crippen LogP contribution < -0.4 is 5.32 Å². The highest BCUT2D eigenvalue weighted by Gasteiger charge is 2.23. The Hall–Kier alpha value is -1.40. The molecule has 0 saturated carbocycles. The SMILES string of the molecule is CC(NCC1=CCN(C(=O)OC(C)(C)C)CC1)c1nccs1. The van der Waals surface area contributed by atoms with Gasteiger partial charge in [0.15, 0.2) is 0 Å². The van der Waals surface area contributed by atoms with Crippen molar-refractivity contribution in [1.82, 2.24) is 15.2 Å². The average Bonchev–Trinajstić information content (AvgIpc) is 2.97. The lowest BCUT2D eigenvalue weighted by Gasteiger charge is -2.29. The van der Waals surface area contributed by atoms with Crippen molar-refractivity contribution in [2.45, 2.75) is 45.8 Å². The highest BCUT2D eigenvalue weighted by Crippen LogP contribution is 2.17. The summed E-state index contributed by atoms with van der Waals surface area (Å²) < 4.78 is 5.39. The Morgan fingerprint density at radius 1 is 1.55 bits per heavy atom. The van der Waals surface area contributed by atoms with Gasteiger partial charge in [-0.25, -0.2) is 9.78 Å². The van der Waals surface area contributed by atoms with Gasteiger partial charge in [-0.05, 0) is 34.1 Å². The molecule has 1 N–H and O–H groups in total. The van der Waals surface area contributed by atoms with Gasteiger partial charge in [-0.1, -0.05) is 11.6 Å². The lowest BCUT2D eigenvalue weighted by Crippen LogP contribution is -2.40. The number of carbonyl (C=O) groups is 1. The van der Waals surface area contributed by atoms with E-state index in [1.165, 1.54) is 5.57 Å². The van der Waals surface area contributed by atoms with Gasteiger partial charge in [0, 0.05) is 31.2 Å². The molecular weight excluding hydrogens is 298 g/mol. The van der Waals surface area contributed by atoms with Crippen LogP contribution >= 0.6 is 11.3 Å². The molecule has 0 spiro atoms. The van der Waals surface area contributed by atoms with Gasteiger partial charge in [0.1, 0.15) is 10.6 Å². The summed E-state index contributed by atoms with van der Waals surface area (Å²) in [6.07, 6.45) is 4.61. The molecule has 0 fully saturated rings. The zero-order valence-electron chi connectivity index (χ0n) is 13.8. The predicted molar refractivity (Wildman–Crippen MR) is 89.0 cm³/mol. The second-order valence-electron chi connectivity index (χ2n) is 6.51. The molecular formula is C16H25N3O2S. The fourth-order valence-electron chi connectivity index (χ4n) is 2.18. The summed E-state index contributed by atoms with van der Waals surface area (Å²) >= 11 is 1.66. The number of ether oxygens (including phenoxy) is 1. The van der Waals surface area contributed by atoms with E-state index in [0.717, 1.165) is 18.0 Å². The zero-order chi connectivity index (χ0) is 16.2. The summed E-state index contributed by atoms with van der Waals surface area (Å²) in [5.41, 5.74) is 0.898. The van der Waals surface area contributed by atoms with Crippen molar-refractivity contribution in [3.63, 3.8) is 0 Å². The second kappa shape index (κ2) is 7.24. The minimum Gasteiger partial charge on any atom is -0.444 e. The van der Waals surface area contributed by atoms with E-state index in [1.54, 1.807) is 16.2 Å². The minimum atomic E-state index is -0.439. The van der Waals surface area contributed by atoms with Crippen molar-refractivity contribution in [2.75, 3.05) is 19.6 Å². The van der Waals surface area contributed by atoms with Crippen LogP contribution in [0.3, 0.4) is 0 Å². The highest BCUT2D eigenvalue weighted by atomic mass is 32.1. The maximum atomic E-state index is 12.0. The van der Waals surface area contributed by atoms with E-state index in [-0.39, 0.29) is 12.1 Å². The van der Waals surface area contributed by atoms with Crippen LogP contribution in [0.2, 0.25) is 0 Å². The fraction of sp³-hybridized carbons (Fsp3) is 0.625. The van der Waals surface area contributed by atoms with Gasteiger partial charge >= 0.3 is 6.09 Å². The largest absolute Gasteiger partial charge is 0.444 e. The van der Waals surface area contributed by atoms with E-state index in [1.807, 2.05) is 32.3 Å². The first-order valence-corrected chi connectivity index (χ1v) is 8.52. The number of hydrogen-bond donors (Lipinski definition) is 1. The lowest BCUT2D eigenvalue weighted by molar-refractivity contribution is 0.0265. The van der Waals surface area contributed by atoms with Crippen LogP contribution in [0.15, 0.2) is 23.2 Å². The van der Waals surface area contributed by atoms with Crippen LogP contribution in [0.1, 0.15) is 45.2 Å². The van der Waals surface area contributed by atoms with Crippen molar-refractivity contribution in [2.24, 2.45) is 0 Å². The molecule has 6 heteroatoms. The van der Waals surface area contributed by atoms with Crippen molar-refractivity contribution < 1.29 is 9.53 Å². The molecule has 2 heterocycles. The molecule has 122 valence electrons. The van der Waals surface area contributed by atoms with Gasteiger partial charge in [-0.3, -0.25) is 0 Å². The number of carbonyl (C=O) groups excluding carboxylic acids is 1. The Bertz CT molecular complexity index is 520. The maximum absolute atomic E-state index is 12.0. The summed E-state index contributed by atoms with van der Waals surface area (Å²) in [6.45, 7) is 9.96. The number of aromatic nitrogens is 1. The second-order valence-corrected chi connectivity index (χ2v) is 7.44. The molecule has 2 rings (SSSR count). The van der Waals surface area contributed by atoms with Crippen molar-refractivity contribution >= 4 is 17.4 Å². The molecule has 0 bridgehead atoms. The van der Waals surface area contributed by atoms with Crippen molar-refractivity contribution in [3.8, 4) is 0 Å². The number of amides is 1. The van der Waals surface area contributed by atoms with E-state index in [9.17, 15) is 4.79 Å². The van der Waals surface area contributed by atoms with E-state index >= 15 is 0 Å². The third kappa shape index (κ3) is 5.10. The van der Waals surface area contributed by atoms with Gasteiger partial charge in [0.05, 0.1) is 6.04 Å². The van der Waals surface area contributed by atoms with E-state index in [4.69, 9.17) is 4.74 Å². The first-order valence-electron chi connectivity index (χ1n) is 7.64. The van der Waals surface area contributed by atoms with Gasteiger partial charge in [-0.15, -0.1) is 11.3 Å². The predicted octanol–water partition coefficient (Wildman–Crippen LogP) is 3.36. The lowest BCUT2D eigenvalue weighted by atomic mass is 10.1. The number of nitrogens with zero attached hydrogens (tertiary/aromatic N) is 2. The third-order valence-corrected chi connectivity index (χ3v) is 4.37. The number of rotatable bonds is 4. The summed E-state index contributed by atoms with van der Waals surface area (Å²) in [7, 11) is 0. The summed E-state index contributed by atoms with van der Waals surface area (Å²) in [5, 5.41) is 6.58. The minimum absolute atomic E-state index is 0.230. The van der Waals surface area contributed by atoms with Gasteiger partial charge in [-0.2, -0.15) is 0 Å². The molecule has 22 heavy (non-hydrogen) atoms. The highest BCUT2D eigenvalue weighted by molar-refractivity contribution is 7.09. The van der Waals surface area contributed by atoms with Crippen LogP contribution in [-0.4, -0.2) is 41.2 Å². The monoisotopic (exact) mass is 323 g/mol. The number of thiazole rings is 1. The summed E-state index contributed by atoms with van der Waals surface area (Å²) in [5.74, 6) is 0. The first-order chi connectivity index (χ1) is 10.3. The van der Waals surface area contributed by atoms with Gasteiger partial charge in [0.25, 0.3) is 0 Å². The Kier molecular flexibility index (Phi) is 5.58. The maximum Gasteiger partial charge on any atom is 0.410 e. The van der Waals surface area contributed by atoms with Crippen LogP contribution in [-0.2, 0) is 4.74 Å². The molecule has 1 aliphatic heterocycles. The molecule has 1 aromatic heterocycles. The molecule has 0 aliphatic carbocycles. The Balaban J connectivity index is 1.78. The molecule has 0 aromatic carbocycles. The molecule has 0 radical (unpaired) electrons. The fourth-order valence-corrected chi connectivity index (χ4v) is 2.85. The molecule has 5 nitrogen and oxygen atoms in total. The topological polar surface area (TPSA) is 54.5 Å². The molecule has 1 atom stereocenters. The summed E-state index contributed by atoms with van der Waals surface area (Å²) in [6, 6.07) is 0.254. The quantitative estimate of drug-likeness (QED) is 0.863. The molecule has 0 saturated heterocycles. The standard InChI is InChI=1S/C16H25N3O2S/c1-12(14-17-7-10-22-14)18-11-13-5-8-19(9-6-13)15(20)21-16(2,3)4/h5,7,10,12,18H,6,8-9,11H2,1-4H3. The van der Waals surface area contributed by atoms with E-state index in [0.29, 0.717) is 13.1 Å². The van der Waals surface area contributed by atoms with E-state index < -0.39 is 5.60 Å². The molecule has 1 aliphatic rings. The number of nitrogens with one attached hydrogen (secondary N) is 1.